The van der Waals surface area contributed by atoms with Gasteiger partial charge in [-0.05, 0) is 54.4 Å². The molecule has 4 nitrogen and oxygen atoms in total. The maximum absolute atomic E-state index is 14.3. The van der Waals surface area contributed by atoms with Crippen LogP contribution in [0.3, 0.4) is 0 Å². The summed E-state index contributed by atoms with van der Waals surface area (Å²) in [5.41, 5.74) is 7.91. The smallest absolute Gasteiger partial charge is 0.265 e. The summed E-state index contributed by atoms with van der Waals surface area (Å²) in [5, 5.41) is 2.66. The Morgan fingerprint density at radius 2 is 1.61 bits per heavy atom. The molecule has 1 aliphatic rings. The lowest BCUT2D eigenvalue weighted by atomic mass is 9.75. The van der Waals surface area contributed by atoms with E-state index in [1.54, 1.807) is 0 Å². The number of hydrogen-bond acceptors (Lipinski definition) is 4. The highest BCUT2D eigenvalue weighted by molar-refractivity contribution is 7.13. The SMILES string of the molecule is CCc1cccc(CC)c1-n1c2c(cc(-c3nc(-c4ccccc4C)cs3)c1=O)C(=O)CC(C)(C)C2. The first-order chi connectivity index (χ1) is 17.2. The van der Waals surface area contributed by atoms with E-state index in [-0.39, 0.29) is 16.8 Å². The van der Waals surface area contributed by atoms with Gasteiger partial charge >= 0.3 is 0 Å². The molecular weight excluding hydrogens is 464 g/mol. The maximum atomic E-state index is 14.3. The van der Waals surface area contributed by atoms with Gasteiger partial charge in [-0.25, -0.2) is 4.98 Å². The van der Waals surface area contributed by atoms with Crippen molar-refractivity contribution in [2.45, 2.75) is 60.3 Å². The number of carbonyl (C=O) groups is 1. The Morgan fingerprint density at radius 1 is 0.917 bits per heavy atom. The molecular formula is C31H32N2O2S. The van der Waals surface area contributed by atoms with Gasteiger partial charge in [-0.1, -0.05) is 70.2 Å². The molecule has 2 aromatic heterocycles. The standard InChI is InChI=1S/C31H32N2O2S/c1-6-20-12-10-13-21(7-2)28(20)33-26-16-31(4,5)17-27(34)23(26)15-24(30(33)35)29-32-25(18-36-29)22-14-9-8-11-19(22)3/h8-15,18H,6-7,16-17H2,1-5H3. The number of carbonyl (C=O) groups excluding carboxylic acids is 1. The highest BCUT2D eigenvalue weighted by Gasteiger charge is 2.35. The molecule has 0 amide bonds. The molecule has 0 atom stereocenters. The van der Waals surface area contributed by atoms with Gasteiger partial charge < -0.3 is 0 Å². The number of fused-ring (bicyclic) bond motifs is 1. The number of pyridine rings is 1. The summed E-state index contributed by atoms with van der Waals surface area (Å²) in [6, 6.07) is 16.2. The molecule has 0 unspecified atom stereocenters. The van der Waals surface area contributed by atoms with E-state index in [0.29, 0.717) is 29.0 Å². The highest BCUT2D eigenvalue weighted by atomic mass is 32.1. The summed E-state index contributed by atoms with van der Waals surface area (Å²) in [7, 11) is 0. The van der Waals surface area contributed by atoms with Crippen molar-refractivity contribution in [1.82, 2.24) is 9.55 Å². The summed E-state index contributed by atoms with van der Waals surface area (Å²) >= 11 is 1.46. The van der Waals surface area contributed by atoms with Gasteiger partial charge in [0, 0.05) is 28.6 Å². The number of rotatable bonds is 5. The molecule has 5 heteroatoms. The molecule has 2 aromatic carbocycles. The molecule has 36 heavy (non-hydrogen) atoms. The minimum absolute atomic E-state index is 0.0963. The number of thiazole rings is 1. The van der Waals surface area contributed by atoms with Gasteiger partial charge in [-0.15, -0.1) is 11.3 Å². The second kappa shape index (κ2) is 9.29. The van der Waals surface area contributed by atoms with Crippen LogP contribution in [0.4, 0.5) is 0 Å². The zero-order chi connectivity index (χ0) is 25.6. The van der Waals surface area contributed by atoms with Crippen LogP contribution in [0.2, 0.25) is 0 Å². The van der Waals surface area contributed by atoms with Crippen molar-refractivity contribution >= 4 is 17.1 Å². The normalized spacial score (nSPS) is 14.6. The third kappa shape index (κ3) is 4.16. The predicted molar refractivity (Wildman–Crippen MR) is 149 cm³/mol. The van der Waals surface area contributed by atoms with E-state index in [9.17, 15) is 9.59 Å². The molecule has 0 bridgehead atoms. The maximum Gasteiger partial charge on any atom is 0.265 e. The van der Waals surface area contributed by atoms with Gasteiger partial charge in [-0.3, -0.25) is 14.2 Å². The van der Waals surface area contributed by atoms with Gasteiger partial charge in [0.2, 0.25) is 0 Å². The fourth-order valence-corrected chi connectivity index (χ4v) is 6.21. The zero-order valence-corrected chi connectivity index (χ0v) is 22.5. The molecule has 5 rings (SSSR count). The highest BCUT2D eigenvalue weighted by Crippen LogP contribution is 2.38. The Hall–Kier alpha value is -3.31. The number of aromatic nitrogens is 2. The summed E-state index contributed by atoms with van der Waals surface area (Å²) in [6.45, 7) is 10.5. The van der Waals surface area contributed by atoms with E-state index in [4.69, 9.17) is 4.98 Å². The molecule has 0 radical (unpaired) electrons. The van der Waals surface area contributed by atoms with Gasteiger partial charge in [0.15, 0.2) is 5.78 Å². The van der Waals surface area contributed by atoms with Crippen molar-refractivity contribution in [3.8, 4) is 27.5 Å². The first-order valence-corrected chi connectivity index (χ1v) is 13.6. The topological polar surface area (TPSA) is 52.0 Å². The third-order valence-electron chi connectivity index (χ3n) is 7.23. The summed E-state index contributed by atoms with van der Waals surface area (Å²) in [5.74, 6) is 0.0963. The van der Waals surface area contributed by atoms with E-state index in [0.717, 1.165) is 52.2 Å². The van der Waals surface area contributed by atoms with Crippen LogP contribution >= 0.6 is 11.3 Å². The molecule has 0 fully saturated rings. The van der Waals surface area contributed by atoms with Gasteiger partial charge in [0.1, 0.15) is 5.01 Å². The lowest BCUT2D eigenvalue weighted by molar-refractivity contribution is 0.0909. The molecule has 2 heterocycles. The second-order valence-corrected chi connectivity index (χ2v) is 11.3. The van der Waals surface area contributed by atoms with Crippen molar-refractivity contribution in [3.63, 3.8) is 0 Å². The molecule has 1 aliphatic carbocycles. The van der Waals surface area contributed by atoms with E-state index >= 15 is 0 Å². The lowest BCUT2D eigenvalue weighted by Crippen LogP contribution is -2.35. The molecule has 4 aromatic rings. The Morgan fingerprint density at radius 3 is 2.28 bits per heavy atom. The van der Waals surface area contributed by atoms with Crippen LogP contribution in [0.5, 0.6) is 0 Å². The summed E-state index contributed by atoms with van der Waals surface area (Å²) < 4.78 is 1.86. The number of Topliss-reactive ketones (excluding diaryl/α,β-unsaturated/α-hetero) is 1. The van der Waals surface area contributed by atoms with Crippen LogP contribution in [0, 0.1) is 12.3 Å². The molecule has 0 saturated heterocycles. The molecule has 184 valence electrons. The quantitative estimate of drug-likeness (QED) is 0.293. The number of aryl methyl sites for hydroxylation is 3. The average Bonchev–Trinajstić information content (AvgIpc) is 3.33. The Labute approximate surface area is 216 Å². The first kappa shape index (κ1) is 24.4. The molecule has 0 spiro atoms. The lowest BCUT2D eigenvalue weighted by Gasteiger charge is -2.33. The van der Waals surface area contributed by atoms with Gasteiger partial charge in [-0.2, -0.15) is 0 Å². The van der Waals surface area contributed by atoms with Crippen LogP contribution in [-0.2, 0) is 19.3 Å². The summed E-state index contributed by atoms with van der Waals surface area (Å²) in [6.07, 6.45) is 2.76. The molecule has 0 saturated carbocycles. The monoisotopic (exact) mass is 496 g/mol. The average molecular weight is 497 g/mol. The minimum Gasteiger partial charge on any atom is -0.294 e. The van der Waals surface area contributed by atoms with Crippen molar-refractivity contribution in [1.29, 1.82) is 0 Å². The Bertz CT molecular complexity index is 1520. The van der Waals surface area contributed by atoms with E-state index in [1.807, 2.05) is 28.1 Å². The van der Waals surface area contributed by atoms with Crippen LogP contribution in [0.1, 0.15) is 66.9 Å². The van der Waals surface area contributed by atoms with Crippen LogP contribution < -0.4 is 5.56 Å². The number of nitrogens with zero attached hydrogens (tertiary/aromatic N) is 2. The number of benzene rings is 2. The van der Waals surface area contributed by atoms with Crippen LogP contribution in [0.15, 0.2) is 58.7 Å². The van der Waals surface area contributed by atoms with Gasteiger partial charge in [0.25, 0.3) is 5.56 Å². The third-order valence-corrected chi connectivity index (χ3v) is 8.11. The van der Waals surface area contributed by atoms with Crippen molar-refractivity contribution in [3.05, 3.63) is 92.2 Å². The van der Waals surface area contributed by atoms with E-state index in [2.05, 4.69) is 65.0 Å². The number of para-hydroxylation sites is 1. The van der Waals surface area contributed by atoms with Crippen molar-refractivity contribution in [2.75, 3.05) is 0 Å². The Kier molecular flexibility index (Phi) is 6.29. The van der Waals surface area contributed by atoms with Crippen molar-refractivity contribution in [2.24, 2.45) is 5.41 Å². The zero-order valence-electron chi connectivity index (χ0n) is 21.6. The minimum atomic E-state index is -0.202. The fraction of sp³-hybridized carbons (Fsp3) is 0.323. The van der Waals surface area contributed by atoms with Crippen molar-refractivity contribution < 1.29 is 4.79 Å². The predicted octanol–water partition coefficient (Wildman–Crippen LogP) is 7.22. The van der Waals surface area contributed by atoms with Crippen LogP contribution in [-0.4, -0.2) is 15.3 Å². The van der Waals surface area contributed by atoms with E-state index < -0.39 is 0 Å². The number of hydrogen-bond donors (Lipinski definition) is 0. The summed E-state index contributed by atoms with van der Waals surface area (Å²) in [4.78, 5) is 32.6. The number of ketones is 1. The van der Waals surface area contributed by atoms with E-state index in [1.165, 1.54) is 11.3 Å². The fourth-order valence-electron chi connectivity index (χ4n) is 5.39. The molecule has 0 aliphatic heterocycles. The van der Waals surface area contributed by atoms with Crippen LogP contribution in [0.25, 0.3) is 27.5 Å². The van der Waals surface area contributed by atoms with Gasteiger partial charge in [0.05, 0.1) is 16.9 Å². The first-order valence-electron chi connectivity index (χ1n) is 12.7. The Balaban J connectivity index is 1.81. The second-order valence-electron chi connectivity index (χ2n) is 10.5. The largest absolute Gasteiger partial charge is 0.294 e. The molecule has 0 N–H and O–H groups in total.